The number of sulfonamides is 1. The summed E-state index contributed by atoms with van der Waals surface area (Å²) in [6, 6.07) is 13.9. The highest BCUT2D eigenvalue weighted by atomic mass is 35.5. The fourth-order valence-corrected chi connectivity index (χ4v) is 3.84. The molecule has 27 heavy (non-hydrogen) atoms. The Kier molecular flexibility index (Phi) is 5.84. The Morgan fingerprint density at radius 1 is 1.11 bits per heavy atom. The first kappa shape index (κ1) is 19.4. The molecule has 0 aliphatic carbocycles. The number of hydrogen-bond donors (Lipinski definition) is 2. The standard InChI is InChI=1S/C19H20ClN3O3S/c1-23-13-17(16-6-2-3-7-18(16)23)19(24)21-22-27(25,26)15-10-8-14(9-11-15)5-4-12-20/h2-3,6-11,13,22H,4-5,12H2,1H3,(H,21,24). The molecule has 0 radical (unpaired) electrons. The Morgan fingerprint density at radius 3 is 2.52 bits per heavy atom. The van der Waals surface area contributed by atoms with E-state index in [1.54, 1.807) is 18.3 Å². The zero-order valence-corrected chi connectivity index (χ0v) is 16.3. The normalized spacial score (nSPS) is 11.6. The number of aromatic nitrogens is 1. The number of benzene rings is 2. The van der Waals surface area contributed by atoms with E-state index in [2.05, 4.69) is 10.3 Å². The fraction of sp³-hybridized carbons (Fsp3) is 0.211. The van der Waals surface area contributed by atoms with Gasteiger partial charge < -0.3 is 4.57 Å². The molecule has 1 heterocycles. The molecular weight excluding hydrogens is 386 g/mol. The first-order valence-corrected chi connectivity index (χ1v) is 10.5. The van der Waals surface area contributed by atoms with Crippen molar-refractivity contribution in [2.45, 2.75) is 17.7 Å². The van der Waals surface area contributed by atoms with Crippen LogP contribution in [0.15, 0.2) is 59.6 Å². The number of aryl methyl sites for hydroxylation is 2. The lowest BCUT2D eigenvalue weighted by Gasteiger charge is -2.09. The second kappa shape index (κ2) is 8.12. The van der Waals surface area contributed by atoms with Crippen molar-refractivity contribution in [1.29, 1.82) is 0 Å². The molecule has 8 heteroatoms. The quantitative estimate of drug-likeness (QED) is 0.468. The van der Waals surface area contributed by atoms with E-state index < -0.39 is 15.9 Å². The minimum absolute atomic E-state index is 0.0790. The highest BCUT2D eigenvalue weighted by molar-refractivity contribution is 7.89. The van der Waals surface area contributed by atoms with E-state index in [-0.39, 0.29) is 4.90 Å². The maximum Gasteiger partial charge on any atom is 0.268 e. The molecule has 1 amide bonds. The number of carbonyl (C=O) groups is 1. The van der Waals surface area contributed by atoms with Crippen LogP contribution in [0.3, 0.4) is 0 Å². The average molecular weight is 406 g/mol. The molecule has 0 bridgehead atoms. The SMILES string of the molecule is Cn1cc(C(=O)NNS(=O)(=O)c2ccc(CCCCl)cc2)c2ccccc21. The molecule has 0 atom stereocenters. The van der Waals surface area contributed by atoms with Crippen LogP contribution in [-0.2, 0) is 23.5 Å². The van der Waals surface area contributed by atoms with Crippen molar-refractivity contribution in [3.63, 3.8) is 0 Å². The topological polar surface area (TPSA) is 80.2 Å². The number of carbonyl (C=O) groups excluding carboxylic acids is 1. The van der Waals surface area contributed by atoms with Crippen LogP contribution in [0.2, 0.25) is 0 Å². The van der Waals surface area contributed by atoms with Gasteiger partial charge in [-0.05, 0) is 36.6 Å². The minimum Gasteiger partial charge on any atom is -0.350 e. The predicted octanol–water partition coefficient (Wildman–Crippen LogP) is 2.97. The zero-order valence-electron chi connectivity index (χ0n) is 14.8. The van der Waals surface area contributed by atoms with E-state index in [4.69, 9.17) is 11.6 Å². The summed E-state index contributed by atoms with van der Waals surface area (Å²) < 4.78 is 26.6. The third-order valence-corrected chi connectivity index (χ3v) is 5.80. The maximum absolute atomic E-state index is 12.5. The average Bonchev–Trinajstić information content (AvgIpc) is 3.02. The molecule has 2 aromatic carbocycles. The lowest BCUT2D eigenvalue weighted by molar-refractivity contribution is 0.0946. The molecule has 0 unspecified atom stereocenters. The van der Waals surface area contributed by atoms with Crippen molar-refractivity contribution in [2.75, 3.05) is 5.88 Å². The molecule has 6 nitrogen and oxygen atoms in total. The molecule has 1 aromatic heterocycles. The van der Waals surface area contributed by atoms with Crippen LogP contribution in [0.25, 0.3) is 10.9 Å². The van der Waals surface area contributed by atoms with E-state index in [9.17, 15) is 13.2 Å². The van der Waals surface area contributed by atoms with Crippen LogP contribution in [0.5, 0.6) is 0 Å². The number of rotatable bonds is 7. The number of para-hydroxylation sites is 1. The van der Waals surface area contributed by atoms with Crippen molar-refractivity contribution < 1.29 is 13.2 Å². The Morgan fingerprint density at radius 2 is 1.81 bits per heavy atom. The Bertz CT molecular complexity index is 1060. The summed E-state index contributed by atoms with van der Waals surface area (Å²) in [5.74, 6) is 0.0380. The Balaban J connectivity index is 1.72. The smallest absolute Gasteiger partial charge is 0.268 e. The van der Waals surface area contributed by atoms with Crippen molar-refractivity contribution in [2.24, 2.45) is 7.05 Å². The Labute approximate surface area is 163 Å². The number of fused-ring (bicyclic) bond motifs is 1. The molecular formula is C19H20ClN3O3S. The van der Waals surface area contributed by atoms with Gasteiger partial charge in [0.05, 0.1) is 10.5 Å². The van der Waals surface area contributed by atoms with E-state index in [1.807, 2.05) is 35.9 Å². The Hall–Kier alpha value is -2.35. The molecule has 0 spiro atoms. The van der Waals surface area contributed by atoms with Crippen molar-refractivity contribution >= 4 is 38.4 Å². The first-order chi connectivity index (χ1) is 12.9. The maximum atomic E-state index is 12.5. The number of halogens is 1. The van der Waals surface area contributed by atoms with E-state index in [1.165, 1.54) is 12.1 Å². The van der Waals surface area contributed by atoms with Gasteiger partial charge >= 0.3 is 0 Å². The second-order valence-corrected chi connectivity index (χ2v) is 8.23. The van der Waals surface area contributed by atoms with Gasteiger partial charge in [-0.25, -0.2) is 8.42 Å². The van der Waals surface area contributed by atoms with Gasteiger partial charge in [-0.2, -0.15) is 0 Å². The van der Waals surface area contributed by atoms with Crippen molar-refractivity contribution in [3.05, 3.63) is 65.9 Å². The van der Waals surface area contributed by atoms with Crippen LogP contribution in [0.1, 0.15) is 22.3 Å². The van der Waals surface area contributed by atoms with Gasteiger partial charge in [0.15, 0.2) is 0 Å². The lowest BCUT2D eigenvalue weighted by atomic mass is 10.1. The molecule has 0 saturated heterocycles. The van der Waals surface area contributed by atoms with E-state index in [0.29, 0.717) is 11.4 Å². The first-order valence-electron chi connectivity index (χ1n) is 8.43. The third-order valence-electron chi connectivity index (χ3n) is 4.27. The van der Waals surface area contributed by atoms with Crippen LogP contribution in [-0.4, -0.2) is 24.8 Å². The zero-order chi connectivity index (χ0) is 19.4. The number of amides is 1. The van der Waals surface area contributed by atoms with Crippen molar-refractivity contribution in [3.8, 4) is 0 Å². The summed E-state index contributed by atoms with van der Waals surface area (Å²) in [6.07, 6.45) is 3.28. The third kappa shape index (κ3) is 4.32. The van der Waals surface area contributed by atoms with Gasteiger partial charge in [-0.3, -0.25) is 10.2 Å². The van der Waals surface area contributed by atoms with Crippen LogP contribution < -0.4 is 10.3 Å². The summed E-state index contributed by atoms with van der Waals surface area (Å²) >= 11 is 5.67. The van der Waals surface area contributed by atoms with Crippen LogP contribution >= 0.6 is 11.6 Å². The largest absolute Gasteiger partial charge is 0.350 e. The molecule has 0 fully saturated rings. The van der Waals surface area contributed by atoms with E-state index in [0.717, 1.165) is 29.3 Å². The van der Waals surface area contributed by atoms with Crippen molar-refractivity contribution in [1.82, 2.24) is 14.8 Å². The van der Waals surface area contributed by atoms with Gasteiger partial charge in [0.25, 0.3) is 15.9 Å². The molecule has 0 aliphatic heterocycles. The molecule has 2 N–H and O–H groups in total. The monoisotopic (exact) mass is 405 g/mol. The van der Waals surface area contributed by atoms with Gasteiger partial charge in [-0.15, -0.1) is 16.4 Å². The molecule has 3 aromatic rings. The minimum atomic E-state index is -3.86. The summed E-state index contributed by atoms with van der Waals surface area (Å²) in [7, 11) is -2.03. The van der Waals surface area contributed by atoms with Gasteiger partial charge in [0.2, 0.25) is 0 Å². The number of nitrogens with zero attached hydrogens (tertiary/aromatic N) is 1. The molecule has 0 aliphatic rings. The molecule has 0 saturated carbocycles. The summed E-state index contributed by atoms with van der Waals surface area (Å²) in [5.41, 5.74) is 4.58. The summed E-state index contributed by atoms with van der Waals surface area (Å²) in [4.78, 5) is 14.7. The van der Waals surface area contributed by atoms with Gasteiger partial charge in [0, 0.05) is 30.0 Å². The molecule has 3 rings (SSSR count). The number of alkyl halides is 1. The predicted molar refractivity (Wildman–Crippen MR) is 106 cm³/mol. The highest BCUT2D eigenvalue weighted by Gasteiger charge is 2.18. The number of hydrogen-bond acceptors (Lipinski definition) is 3. The lowest BCUT2D eigenvalue weighted by Crippen LogP contribution is -2.41. The van der Waals surface area contributed by atoms with Gasteiger partial charge in [-0.1, -0.05) is 30.3 Å². The fourth-order valence-electron chi connectivity index (χ4n) is 2.87. The van der Waals surface area contributed by atoms with Crippen LogP contribution in [0, 0.1) is 0 Å². The van der Waals surface area contributed by atoms with Gasteiger partial charge in [0.1, 0.15) is 0 Å². The summed E-state index contributed by atoms with van der Waals surface area (Å²) in [5, 5.41) is 0.750. The van der Waals surface area contributed by atoms with Crippen LogP contribution in [0.4, 0.5) is 0 Å². The second-order valence-electron chi connectivity index (χ2n) is 6.17. The highest BCUT2D eigenvalue weighted by Crippen LogP contribution is 2.20. The number of hydrazine groups is 1. The van der Waals surface area contributed by atoms with E-state index >= 15 is 0 Å². The summed E-state index contributed by atoms with van der Waals surface area (Å²) in [6.45, 7) is 0. The number of nitrogens with one attached hydrogen (secondary N) is 2. The molecule has 142 valence electrons.